The second-order valence-electron chi connectivity index (χ2n) is 4.35. The lowest BCUT2D eigenvalue weighted by atomic mass is 10.1. The van der Waals surface area contributed by atoms with Crippen LogP contribution in [0.15, 0.2) is 12.1 Å². The highest BCUT2D eigenvalue weighted by Gasteiger charge is 2.16. The van der Waals surface area contributed by atoms with E-state index in [9.17, 15) is 4.79 Å². The number of nitrogens with two attached hydrogens (primary N) is 1. The SMILES string of the molecule is COc1cc(C(C)NCCC(N)=O)cc(OC)c1OC. The quantitative estimate of drug-likeness (QED) is 0.749. The number of benzene rings is 1. The Labute approximate surface area is 119 Å². The molecule has 0 bridgehead atoms. The second kappa shape index (κ2) is 7.59. The number of amides is 1. The summed E-state index contributed by atoms with van der Waals surface area (Å²) < 4.78 is 15.9. The minimum Gasteiger partial charge on any atom is -0.493 e. The molecule has 0 aliphatic rings. The van der Waals surface area contributed by atoms with Crippen molar-refractivity contribution in [3.63, 3.8) is 0 Å². The van der Waals surface area contributed by atoms with Gasteiger partial charge in [0.05, 0.1) is 21.3 Å². The van der Waals surface area contributed by atoms with Crippen LogP contribution in [-0.4, -0.2) is 33.8 Å². The Kier molecular flexibility index (Phi) is 6.11. The Morgan fingerprint density at radius 3 is 2.15 bits per heavy atom. The first-order valence-corrected chi connectivity index (χ1v) is 6.35. The molecule has 0 aromatic heterocycles. The molecule has 6 nitrogen and oxygen atoms in total. The highest BCUT2D eigenvalue weighted by molar-refractivity contribution is 5.73. The van der Waals surface area contributed by atoms with Gasteiger partial charge in [0.15, 0.2) is 11.5 Å². The zero-order chi connectivity index (χ0) is 15.1. The number of primary amides is 1. The summed E-state index contributed by atoms with van der Waals surface area (Å²) in [6.07, 6.45) is 0.300. The molecule has 0 heterocycles. The number of ether oxygens (including phenoxy) is 3. The fourth-order valence-corrected chi connectivity index (χ4v) is 1.88. The van der Waals surface area contributed by atoms with Gasteiger partial charge >= 0.3 is 0 Å². The maximum absolute atomic E-state index is 10.7. The van der Waals surface area contributed by atoms with Crippen LogP contribution in [0.5, 0.6) is 17.2 Å². The van der Waals surface area contributed by atoms with Gasteiger partial charge in [0.25, 0.3) is 0 Å². The largest absolute Gasteiger partial charge is 0.493 e. The first-order valence-electron chi connectivity index (χ1n) is 6.35. The van der Waals surface area contributed by atoms with E-state index in [1.807, 2.05) is 19.1 Å². The van der Waals surface area contributed by atoms with Gasteiger partial charge in [-0.05, 0) is 24.6 Å². The van der Waals surface area contributed by atoms with Crippen LogP contribution < -0.4 is 25.3 Å². The van der Waals surface area contributed by atoms with E-state index in [1.165, 1.54) is 0 Å². The van der Waals surface area contributed by atoms with Crippen LogP contribution in [0.3, 0.4) is 0 Å². The molecule has 1 rings (SSSR count). The summed E-state index contributed by atoms with van der Waals surface area (Å²) in [5.74, 6) is 1.44. The van der Waals surface area contributed by atoms with Crippen molar-refractivity contribution in [1.29, 1.82) is 0 Å². The van der Waals surface area contributed by atoms with E-state index < -0.39 is 0 Å². The Morgan fingerprint density at radius 2 is 1.75 bits per heavy atom. The van der Waals surface area contributed by atoms with Gasteiger partial charge in [-0.15, -0.1) is 0 Å². The molecule has 0 radical (unpaired) electrons. The van der Waals surface area contributed by atoms with Crippen molar-refractivity contribution in [2.24, 2.45) is 5.73 Å². The fraction of sp³-hybridized carbons (Fsp3) is 0.500. The summed E-state index contributed by atoms with van der Waals surface area (Å²) in [5.41, 5.74) is 6.09. The molecular formula is C14H22N2O4. The first-order chi connectivity index (χ1) is 9.53. The Balaban J connectivity index is 2.91. The average Bonchev–Trinajstić information content (AvgIpc) is 2.44. The third kappa shape index (κ3) is 4.03. The van der Waals surface area contributed by atoms with Crippen molar-refractivity contribution < 1.29 is 19.0 Å². The molecule has 20 heavy (non-hydrogen) atoms. The number of hydrogen-bond acceptors (Lipinski definition) is 5. The molecular weight excluding hydrogens is 260 g/mol. The molecule has 0 aliphatic heterocycles. The molecule has 0 spiro atoms. The van der Waals surface area contributed by atoms with Crippen molar-refractivity contribution in [2.75, 3.05) is 27.9 Å². The van der Waals surface area contributed by atoms with Crippen molar-refractivity contribution in [2.45, 2.75) is 19.4 Å². The molecule has 1 amide bonds. The highest BCUT2D eigenvalue weighted by atomic mass is 16.5. The molecule has 6 heteroatoms. The molecule has 1 aromatic carbocycles. The smallest absolute Gasteiger partial charge is 0.218 e. The summed E-state index contributed by atoms with van der Waals surface area (Å²) in [6.45, 7) is 2.51. The number of carbonyl (C=O) groups is 1. The maximum Gasteiger partial charge on any atom is 0.218 e. The van der Waals surface area contributed by atoms with E-state index in [1.54, 1.807) is 21.3 Å². The van der Waals surface area contributed by atoms with Gasteiger partial charge < -0.3 is 25.3 Å². The monoisotopic (exact) mass is 282 g/mol. The molecule has 0 fully saturated rings. The van der Waals surface area contributed by atoms with Gasteiger partial charge in [0.1, 0.15) is 0 Å². The average molecular weight is 282 g/mol. The van der Waals surface area contributed by atoms with E-state index in [-0.39, 0.29) is 11.9 Å². The lowest BCUT2D eigenvalue weighted by Crippen LogP contribution is -2.24. The van der Waals surface area contributed by atoms with Crippen LogP contribution in [0.2, 0.25) is 0 Å². The minimum atomic E-state index is -0.324. The van der Waals surface area contributed by atoms with Crippen molar-refractivity contribution in [3.05, 3.63) is 17.7 Å². The van der Waals surface area contributed by atoms with Crippen LogP contribution in [-0.2, 0) is 4.79 Å². The number of nitrogens with one attached hydrogen (secondary N) is 1. The summed E-state index contributed by atoms with van der Waals surface area (Å²) in [6, 6.07) is 3.79. The topological polar surface area (TPSA) is 82.8 Å². The standard InChI is InChI=1S/C14H22N2O4/c1-9(16-6-5-13(15)17)10-7-11(18-2)14(20-4)12(8-10)19-3/h7-9,16H,5-6H2,1-4H3,(H2,15,17). The molecule has 1 atom stereocenters. The number of carbonyl (C=O) groups excluding carboxylic acids is 1. The van der Waals surface area contributed by atoms with Crippen molar-refractivity contribution in [3.8, 4) is 17.2 Å². The lowest BCUT2D eigenvalue weighted by Gasteiger charge is -2.18. The van der Waals surface area contributed by atoms with Gasteiger partial charge in [0.2, 0.25) is 11.7 Å². The Bertz CT molecular complexity index is 437. The van der Waals surface area contributed by atoms with E-state index in [2.05, 4.69) is 5.32 Å². The van der Waals surface area contributed by atoms with Crippen molar-refractivity contribution in [1.82, 2.24) is 5.32 Å². The van der Waals surface area contributed by atoms with Gasteiger partial charge in [-0.2, -0.15) is 0 Å². The van der Waals surface area contributed by atoms with Gasteiger partial charge in [-0.25, -0.2) is 0 Å². The summed E-state index contributed by atoms with van der Waals surface area (Å²) >= 11 is 0. The van der Waals surface area contributed by atoms with Crippen LogP contribution in [0.1, 0.15) is 24.9 Å². The predicted molar refractivity (Wildman–Crippen MR) is 76.3 cm³/mol. The number of methoxy groups -OCH3 is 3. The normalized spacial score (nSPS) is 11.8. The van der Waals surface area contributed by atoms with E-state index in [4.69, 9.17) is 19.9 Å². The Hall–Kier alpha value is -1.95. The van der Waals surface area contributed by atoms with Gasteiger partial charge in [0, 0.05) is 19.0 Å². The van der Waals surface area contributed by atoms with Crippen LogP contribution in [0, 0.1) is 0 Å². The molecule has 1 unspecified atom stereocenters. The maximum atomic E-state index is 10.7. The highest BCUT2D eigenvalue weighted by Crippen LogP contribution is 2.39. The fourth-order valence-electron chi connectivity index (χ4n) is 1.88. The van der Waals surface area contributed by atoms with E-state index in [0.29, 0.717) is 30.2 Å². The summed E-state index contributed by atoms with van der Waals surface area (Å²) in [4.78, 5) is 10.7. The zero-order valence-electron chi connectivity index (χ0n) is 12.4. The lowest BCUT2D eigenvalue weighted by molar-refractivity contribution is -0.117. The Morgan fingerprint density at radius 1 is 1.20 bits per heavy atom. The van der Waals surface area contributed by atoms with Crippen molar-refractivity contribution >= 4 is 5.91 Å². The van der Waals surface area contributed by atoms with Crippen LogP contribution >= 0.6 is 0 Å². The minimum absolute atomic E-state index is 0.0306. The first kappa shape index (κ1) is 16.1. The third-order valence-corrected chi connectivity index (χ3v) is 3.01. The second-order valence-corrected chi connectivity index (χ2v) is 4.35. The van der Waals surface area contributed by atoms with E-state index in [0.717, 1.165) is 5.56 Å². The number of rotatable bonds is 8. The van der Waals surface area contributed by atoms with Crippen LogP contribution in [0.25, 0.3) is 0 Å². The summed E-state index contributed by atoms with van der Waals surface area (Å²) in [5, 5.41) is 3.22. The van der Waals surface area contributed by atoms with Gasteiger partial charge in [-0.1, -0.05) is 0 Å². The molecule has 0 aliphatic carbocycles. The predicted octanol–water partition coefficient (Wildman–Crippen LogP) is 1.24. The molecule has 112 valence electrons. The molecule has 0 saturated carbocycles. The van der Waals surface area contributed by atoms with E-state index >= 15 is 0 Å². The van der Waals surface area contributed by atoms with Crippen LogP contribution in [0.4, 0.5) is 0 Å². The number of hydrogen-bond donors (Lipinski definition) is 2. The molecule has 0 saturated heterocycles. The summed E-state index contributed by atoms with van der Waals surface area (Å²) in [7, 11) is 4.72. The third-order valence-electron chi connectivity index (χ3n) is 3.01. The van der Waals surface area contributed by atoms with Gasteiger partial charge in [-0.3, -0.25) is 4.79 Å². The molecule has 1 aromatic rings. The zero-order valence-corrected chi connectivity index (χ0v) is 12.4. The molecule has 3 N–H and O–H groups in total.